The highest BCUT2D eigenvalue weighted by molar-refractivity contribution is 5.34. The van der Waals surface area contributed by atoms with E-state index >= 15 is 0 Å². The van der Waals surface area contributed by atoms with Gasteiger partial charge in [0.15, 0.2) is 0 Å². The molecule has 18 heavy (non-hydrogen) atoms. The number of likely N-dealkylation sites (tertiary alicyclic amines) is 1. The van der Waals surface area contributed by atoms with Crippen LogP contribution in [-0.2, 0) is 6.54 Å². The Morgan fingerprint density at radius 1 is 1.33 bits per heavy atom. The van der Waals surface area contributed by atoms with E-state index in [0.29, 0.717) is 0 Å². The number of nitrogens with zero attached hydrogens (tertiary/aromatic N) is 2. The molecule has 1 N–H and O–H groups in total. The van der Waals surface area contributed by atoms with Crippen LogP contribution in [0.15, 0.2) is 18.2 Å². The summed E-state index contributed by atoms with van der Waals surface area (Å²) in [5.74, 6) is 0.968. The Bertz CT molecular complexity index is 365. The van der Waals surface area contributed by atoms with Gasteiger partial charge in [-0.25, -0.2) is 4.98 Å². The van der Waals surface area contributed by atoms with Crippen molar-refractivity contribution in [3.05, 3.63) is 23.9 Å². The molecule has 3 nitrogen and oxygen atoms in total. The van der Waals surface area contributed by atoms with Crippen LogP contribution in [0.3, 0.4) is 0 Å². The minimum Gasteiger partial charge on any atom is -0.373 e. The Labute approximate surface area is 111 Å². The first-order valence-corrected chi connectivity index (χ1v) is 7.21. The Morgan fingerprint density at radius 3 is 3.00 bits per heavy atom. The number of aromatic nitrogens is 1. The molecule has 1 aliphatic rings. The fourth-order valence-electron chi connectivity index (χ4n) is 2.82. The van der Waals surface area contributed by atoms with E-state index in [1.807, 2.05) is 13.1 Å². The molecule has 0 aliphatic carbocycles. The number of pyridine rings is 1. The Hall–Kier alpha value is -1.09. The van der Waals surface area contributed by atoms with Crippen LogP contribution in [0.25, 0.3) is 0 Å². The Kier molecular flexibility index (Phi) is 5.00. The molecule has 0 aromatic carbocycles. The first-order chi connectivity index (χ1) is 8.83. The highest BCUT2D eigenvalue weighted by Crippen LogP contribution is 2.21. The van der Waals surface area contributed by atoms with Crippen LogP contribution in [0.5, 0.6) is 0 Å². The maximum absolute atomic E-state index is 4.63. The van der Waals surface area contributed by atoms with Crippen LogP contribution in [-0.4, -0.2) is 29.5 Å². The second-order valence-corrected chi connectivity index (χ2v) is 5.15. The minimum absolute atomic E-state index is 0.743. The van der Waals surface area contributed by atoms with E-state index in [1.54, 1.807) is 0 Å². The van der Waals surface area contributed by atoms with Gasteiger partial charge in [0, 0.05) is 19.6 Å². The van der Waals surface area contributed by atoms with Crippen molar-refractivity contribution >= 4 is 5.82 Å². The van der Waals surface area contributed by atoms with Gasteiger partial charge in [0.1, 0.15) is 5.82 Å². The number of nitrogens with one attached hydrogen (secondary N) is 1. The van der Waals surface area contributed by atoms with Crippen molar-refractivity contribution in [3.8, 4) is 0 Å². The van der Waals surface area contributed by atoms with E-state index in [9.17, 15) is 0 Å². The fourth-order valence-corrected chi connectivity index (χ4v) is 2.82. The van der Waals surface area contributed by atoms with Crippen molar-refractivity contribution in [2.45, 2.75) is 51.6 Å². The maximum Gasteiger partial charge on any atom is 0.126 e. The summed E-state index contributed by atoms with van der Waals surface area (Å²) in [6.07, 6.45) is 6.71. The number of anilines is 1. The van der Waals surface area contributed by atoms with Crippen LogP contribution in [0.2, 0.25) is 0 Å². The third-order valence-corrected chi connectivity index (χ3v) is 3.90. The molecule has 0 radical (unpaired) electrons. The zero-order chi connectivity index (χ0) is 12.8. The third-order valence-electron chi connectivity index (χ3n) is 3.90. The summed E-state index contributed by atoms with van der Waals surface area (Å²) in [5, 5.41) is 3.11. The SMILES string of the molecule is CCC1CCCCCN1Cc1cccc(NC)n1. The van der Waals surface area contributed by atoms with E-state index in [-0.39, 0.29) is 0 Å². The van der Waals surface area contributed by atoms with E-state index < -0.39 is 0 Å². The molecular formula is C15H25N3. The number of rotatable bonds is 4. The lowest BCUT2D eigenvalue weighted by atomic mass is 10.1. The van der Waals surface area contributed by atoms with Gasteiger partial charge in [-0.1, -0.05) is 25.8 Å². The van der Waals surface area contributed by atoms with E-state index in [4.69, 9.17) is 0 Å². The molecule has 2 rings (SSSR count). The van der Waals surface area contributed by atoms with Gasteiger partial charge < -0.3 is 5.32 Å². The molecule has 100 valence electrons. The van der Waals surface area contributed by atoms with E-state index in [0.717, 1.165) is 18.4 Å². The quantitative estimate of drug-likeness (QED) is 0.885. The number of hydrogen-bond donors (Lipinski definition) is 1. The third kappa shape index (κ3) is 3.45. The summed E-state index contributed by atoms with van der Waals surface area (Å²) in [4.78, 5) is 7.25. The van der Waals surface area contributed by atoms with Gasteiger partial charge in [-0.3, -0.25) is 4.90 Å². The zero-order valence-electron chi connectivity index (χ0n) is 11.7. The normalized spacial score (nSPS) is 21.6. The molecule has 1 aliphatic heterocycles. The lowest BCUT2D eigenvalue weighted by Crippen LogP contribution is -2.34. The van der Waals surface area contributed by atoms with Crippen LogP contribution in [0.1, 0.15) is 44.7 Å². The Morgan fingerprint density at radius 2 is 2.22 bits per heavy atom. The molecule has 1 fully saturated rings. The molecule has 1 atom stereocenters. The van der Waals surface area contributed by atoms with Crippen molar-refractivity contribution < 1.29 is 0 Å². The average Bonchev–Trinajstić information content (AvgIpc) is 2.64. The highest BCUT2D eigenvalue weighted by Gasteiger charge is 2.19. The average molecular weight is 247 g/mol. The number of hydrogen-bond acceptors (Lipinski definition) is 3. The van der Waals surface area contributed by atoms with Gasteiger partial charge >= 0.3 is 0 Å². The van der Waals surface area contributed by atoms with Gasteiger partial charge in [0.05, 0.1) is 5.69 Å². The lowest BCUT2D eigenvalue weighted by Gasteiger charge is -2.28. The van der Waals surface area contributed by atoms with Crippen molar-refractivity contribution in [1.82, 2.24) is 9.88 Å². The van der Waals surface area contributed by atoms with Gasteiger partial charge in [-0.15, -0.1) is 0 Å². The summed E-state index contributed by atoms with van der Waals surface area (Å²) in [7, 11) is 1.92. The summed E-state index contributed by atoms with van der Waals surface area (Å²) in [6, 6.07) is 6.99. The van der Waals surface area contributed by atoms with Crippen molar-refractivity contribution in [2.24, 2.45) is 0 Å². The first-order valence-electron chi connectivity index (χ1n) is 7.21. The van der Waals surface area contributed by atoms with Crippen molar-refractivity contribution in [1.29, 1.82) is 0 Å². The van der Waals surface area contributed by atoms with Crippen LogP contribution < -0.4 is 5.32 Å². The second kappa shape index (κ2) is 6.74. The molecule has 0 amide bonds. The van der Waals surface area contributed by atoms with E-state index in [1.165, 1.54) is 44.3 Å². The zero-order valence-corrected chi connectivity index (χ0v) is 11.7. The maximum atomic E-state index is 4.63. The molecule has 3 heteroatoms. The minimum atomic E-state index is 0.743. The van der Waals surface area contributed by atoms with Crippen molar-refractivity contribution in [2.75, 3.05) is 18.9 Å². The van der Waals surface area contributed by atoms with Crippen molar-refractivity contribution in [3.63, 3.8) is 0 Å². The summed E-state index contributed by atoms with van der Waals surface area (Å²) in [6.45, 7) is 4.53. The molecule has 1 unspecified atom stereocenters. The summed E-state index contributed by atoms with van der Waals surface area (Å²) in [5.41, 5.74) is 1.18. The predicted molar refractivity (Wildman–Crippen MR) is 76.7 cm³/mol. The molecular weight excluding hydrogens is 222 g/mol. The highest BCUT2D eigenvalue weighted by atomic mass is 15.2. The van der Waals surface area contributed by atoms with Crippen LogP contribution in [0, 0.1) is 0 Å². The molecule has 2 heterocycles. The van der Waals surface area contributed by atoms with Gasteiger partial charge in [-0.05, 0) is 37.9 Å². The molecule has 0 spiro atoms. The second-order valence-electron chi connectivity index (χ2n) is 5.15. The molecule has 0 saturated carbocycles. The molecule has 0 bridgehead atoms. The summed E-state index contributed by atoms with van der Waals surface area (Å²) < 4.78 is 0. The smallest absolute Gasteiger partial charge is 0.126 e. The lowest BCUT2D eigenvalue weighted by molar-refractivity contribution is 0.184. The summed E-state index contributed by atoms with van der Waals surface area (Å²) >= 11 is 0. The topological polar surface area (TPSA) is 28.2 Å². The van der Waals surface area contributed by atoms with Crippen LogP contribution >= 0.6 is 0 Å². The van der Waals surface area contributed by atoms with E-state index in [2.05, 4.69) is 34.3 Å². The standard InChI is InChI=1S/C15H25N3/c1-3-14-9-5-4-6-11-18(14)12-13-8-7-10-15(16-2)17-13/h7-8,10,14H,3-6,9,11-12H2,1-2H3,(H,16,17). The monoisotopic (exact) mass is 247 g/mol. The van der Waals surface area contributed by atoms with Gasteiger partial charge in [0.25, 0.3) is 0 Å². The fraction of sp³-hybridized carbons (Fsp3) is 0.667. The van der Waals surface area contributed by atoms with Crippen LogP contribution in [0.4, 0.5) is 5.82 Å². The largest absolute Gasteiger partial charge is 0.373 e. The molecule has 1 aromatic rings. The first kappa shape index (κ1) is 13.3. The predicted octanol–water partition coefficient (Wildman–Crippen LogP) is 3.28. The van der Waals surface area contributed by atoms with Gasteiger partial charge in [0.2, 0.25) is 0 Å². The Balaban J connectivity index is 2.05. The molecule has 1 saturated heterocycles. The van der Waals surface area contributed by atoms with Gasteiger partial charge in [-0.2, -0.15) is 0 Å². The molecule has 1 aromatic heterocycles.